The zero-order valence-electron chi connectivity index (χ0n) is 7.89. The average molecular weight is 188 g/mol. The predicted octanol–water partition coefficient (Wildman–Crippen LogP) is 3.08. The SMILES string of the molecule is CC.COc1cnc(Cl)c(C)c1. The second-order valence-corrected chi connectivity index (χ2v) is 2.34. The van der Waals surface area contributed by atoms with Gasteiger partial charge >= 0.3 is 0 Å². The van der Waals surface area contributed by atoms with Crippen molar-refractivity contribution in [1.29, 1.82) is 0 Å². The molecule has 0 bridgehead atoms. The quantitative estimate of drug-likeness (QED) is 0.631. The Kier molecular flexibility index (Phi) is 5.47. The van der Waals surface area contributed by atoms with Crippen LogP contribution >= 0.6 is 11.6 Å². The molecule has 0 unspecified atom stereocenters. The Labute approximate surface area is 78.5 Å². The molecule has 0 amide bonds. The molecular formula is C9H14ClNO. The van der Waals surface area contributed by atoms with Crippen molar-refractivity contribution in [2.75, 3.05) is 7.11 Å². The van der Waals surface area contributed by atoms with E-state index in [1.54, 1.807) is 13.3 Å². The van der Waals surface area contributed by atoms with Crippen molar-refractivity contribution in [2.24, 2.45) is 0 Å². The molecule has 0 N–H and O–H groups in total. The minimum Gasteiger partial charge on any atom is -0.495 e. The second-order valence-electron chi connectivity index (χ2n) is 1.98. The molecule has 1 rings (SSSR count). The number of halogens is 1. The summed E-state index contributed by atoms with van der Waals surface area (Å²) in [6.45, 7) is 5.89. The van der Waals surface area contributed by atoms with E-state index in [0.717, 1.165) is 11.3 Å². The van der Waals surface area contributed by atoms with Gasteiger partial charge in [-0.25, -0.2) is 4.98 Å². The fourth-order valence-corrected chi connectivity index (χ4v) is 0.747. The van der Waals surface area contributed by atoms with E-state index in [1.165, 1.54) is 0 Å². The normalized spacial score (nSPS) is 8.42. The number of hydrogen-bond acceptors (Lipinski definition) is 2. The molecule has 0 saturated carbocycles. The van der Waals surface area contributed by atoms with Crippen molar-refractivity contribution in [3.05, 3.63) is 23.0 Å². The van der Waals surface area contributed by atoms with E-state index >= 15 is 0 Å². The van der Waals surface area contributed by atoms with Gasteiger partial charge in [-0.3, -0.25) is 0 Å². The third-order valence-electron chi connectivity index (χ3n) is 1.23. The first-order chi connectivity index (χ1) is 5.74. The van der Waals surface area contributed by atoms with Crippen LogP contribution in [0, 0.1) is 6.92 Å². The molecule has 0 fully saturated rings. The Morgan fingerprint density at radius 2 is 2.00 bits per heavy atom. The lowest BCUT2D eigenvalue weighted by Gasteiger charge is -1.99. The topological polar surface area (TPSA) is 22.1 Å². The Morgan fingerprint density at radius 3 is 2.42 bits per heavy atom. The lowest BCUT2D eigenvalue weighted by atomic mass is 10.3. The van der Waals surface area contributed by atoms with Gasteiger partial charge in [0, 0.05) is 0 Å². The zero-order chi connectivity index (χ0) is 9.56. The molecule has 0 aliphatic heterocycles. The highest BCUT2D eigenvalue weighted by atomic mass is 35.5. The van der Waals surface area contributed by atoms with E-state index in [0.29, 0.717) is 5.15 Å². The van der Waals surface area contributed by atoms with E-state index in [2.05, 4.69) is 4.98 Å². The van der Waals surface area contributed by atoms with Gasteiger partial charge in [-0.2, -0.15) is 0 Å². The van der Waals surface area contributed by atoms with E-state index in [4.69, 9.17) is 16.3 Å². The van der Waals surface area contributed by atoms with Crippen LogP contribution in [0.4, 0.5) is 0 Å². The Bertz CT molecular complexity index is 238. The zero-order valence-corrected chi connectivity index (χ0v) is 8.64. The lowest BCUT2D eigenvalue weighted by molar-refractivity contribution is 0.412. The van der Waals surface area contributed by atoms with Crippen LogP contribution in [0.3, 0.4) is 0 Å². The molecule has 0 spiro atoms. The number of aromatic nitrogens is 1. The summed E-state index contributed by atoms with van der Waals surface area (Å²) >= 11 is 5.67. The summed E-state index contributed by atoms with van der Waals surface area (Å²) in [5.74, 6) is 0.738. The van der Waals surface area contributed by atoms with Crippen LogP contribution in [-0.4, -0.2) is 12.1 Å². The van der Waals surface area contributed by atoms with Crippen LogP contribution in [-0.2, 0) is 0 Å². The molecule has 0 aliphatic carbocycles. The maximum Gasteiger partial charge on any atom is 0.137 e. The van der Waals surface area contributed by atoms with Gasteiger partial charge in [-0.1, -0.05) is 25.4 Å². The van der Waals surface area contributed by atoms with Crippen molar-refractivity contribution >= 4 is 11.6 Å². The highest BCUT2D eigenvalue weighted by Crippen LogP contribution is 2.16. The first-order valence-corrected chi connectivity index (χ1v) is 4.28. The number of ether oxygens (including phenoxy) is 1. The Morgan fingerprint density at radius 1 is 1.42 bits per heavy atom. The number of pyridine rings is 1. The number of hydrogen-bond donors (Lipinski definition) is 0. The van der Waals surface area contributed by atoms with Gasteiger partial charge in [-0.15, -0.1) is 0 Å². The number of methoxy groups -OCH3 is 1. The van der Waals surface area contributed by atoms with Crippen molar-refractivity contribution in [3.8, 4) is 5.75 Å². The van der Waals surface area contributed by atoms with Crippen LogP contribution in [0.2, 0.25) is 5.15 Å². The van der Waals surface area contributed by atoms with Gasteiger partial charge in [0.15, 0.2) is 0 Å². The predicted molar refractivity (Wildman–Crippen MR) is 51.9 cm³/mol. The molecule has 12 heavy (non-hydrogen) atoms. The van der Waals surface area contributed by atoms with Gasteiger partial charge in [0.1, 0.15) is 10.9 Å². The summed E-state index contributed by atoms with van der Waals surface area (Å²) in [4.78, 5) is 3.89. The molecule has 0 aromatic carbocycles. The fraction of sp³-hybridized carbons (Fsp3) is 0.444. The monoisotopic (exact) mass is 187 g/mol. The van der Waals surface area contributed by atoms with E-state index in [-0.39, 0.29) is 0 Å². The molecule has 68 valence electrons. The van der Waals surface area contributed by atoms with Gasteiger partial charge in [0.05, 0.1) is 13.3 Å². The Hall–Kier alpha value is -0.760. The average Bonchev–Trinajstić information content (AvgIpc) is 2.13. The van der Waals surface area contributed by atoms with Crippen molar-refractivity contribution < 1.29 is 4.74 Å². The van der Waals surface area contributed by atoms with E-state index in [9.17, 15) is 0 Å². The van der Waals surface area contributed by atoms with Crippen LogP contribution in [0.5, 0.6) is 5.75 Å². The maximum atomic E-state index is 5.67. The lowest BCUT2D eigenvalue weighted by Crippen LogP contribution is -1.86. The molecule has 2 nitrogen and oxygen atoms in total. The number of nitrogens with zero attached hydrogens (tertiary/aromatic N) is 1. The number of aryl methyl sites for hydroxylation is 1. The fourth-order valence-electron chi connectivity index (χ4n) is 0.644. The molecule has 3 heteroatoms. The number of rotatable bonds is 1. The Balaban J connectivity index is 0.000000561. The molecule has 1 aromatic rings. The summed E-state index contributed by atoms with van der Waals surface area (Å²) in [5.41, 5.74) is 0.931. The van der Waals surface area contributed by atoms with Crippen LogP contribution < -0.4 is 4.74 Å². The van der Waals surface area contributed by atoms with Crippen molar-refractivity contribution in [3.63, 3.8) is 0 Å². The van der Waals surface area contributed by atoms with Gasteiger partial charge in [-0.05, 0) is 18.6 Å². The third-order valence-corrected chi connectivity index (χ3v) is 1.62. The summed E-state index contributed by atoms with van der Waals surface area (Å²) in [6.07, 6.45) is 1.59. The van der Waals surface area contributed by atoms with Crippen molar-refractivity contribution in [2.45, 2.75) is 20.8 Å². The van der Waals surface area contributed by atoms with Gasteiger partial charge in [0.25, 0.3) is 0 Å². The van der Waals surface area contributed by atoms with E-state index in [1.807, 2.05) is 26.8 Å². The first kappa shape index (κ1) is 11.2. The molecule has 0 radical (unpaired) electrons. The summed E-state index contributed by atoms with van der Waals surface area (Å²) in [6, 6.07) is 1.84. The first-order valence-electron chi connectivity index (χ1n) is 3.90. The molecular weight excluding hydrogens is 174 g/mol. The molecule has 0 saturated heterocycles. The highest BCUT2D eigenvalue weighted by molar-refractivity contribution is 6.30. The summed E-state index contributed by atoms with van der Waals surface area (Å²) in [5, 5.41) is 0.529. The summed E-state index contributed by atoms with van der Waals surface area (Å²) < 4.78 is 4.93. The minimum atomic E-state index is 0.529. The maximum absolute atomic E-state index is 5.67. The molecule has 0 atom stereocenters. The van der Waals surface area contributed by atoms with Crippen molar-refractivity contribution in [1.82, 2.24) is 4.98 Å². The third kappa shape index (κ3) is 3.09. The molecule has 1 heterocycles. The molecule has 1 aromatic heterocycles. The van der Waals surface area contributed by atoms with Gasteiger partial charge in [0.2, 0.25) is 0 Å². The van der Waals surface area contributed by atoms with Crippen LogP contribution in [0.25, 0.3) is 0 Å². The summed E-state index contributed by atoms with van der Waals surface area (Å²) in [7, 11) is 1.60. The van der Waals surface area contributed by atoms with E-state index < -0.39 is 0 Å². The standard InChI is InChI=1S/C7H8ClNO.C2H6/c1-5-3-6(10-2)4-9-7(5)8;1-2/h3-4H,1-2H3;1-2H3. The van der Waals surface area contributed by atoms with Crippen LogP contribution in [0.15, 0.2) is 12.3 Å². The minimum absolute atomic E-state index is 0.529. The second kappa shape index (κ2) is 5.84. The molecule has 0 aliphatic rings. The smallest absolute Gasteiger partial charge is 0.137 e. The van der Waals surface area contributed by atoms with Gasteiger partial charge < -0.3 is 4.74 Å². The highest BCUT2D eigenvalue weighted by Gasteiger charge is 1.96. The van der Waals surface area contributed by atoms with Crippen LogP contribution in [0.1, 0.15) is 19.4 Å². The largest absolute Gasteiger partial charge is 0.495 e.